The Morgan fingerprint density at radius 2 is 1.14 bits per heavy atom. The van der Waals surface area contributed by atoms with E-state index < -0.39 is 0 Å². The van der Waals surface area contributed by atoms with E-state index in [4.69, 9.17) is 0 Å². The summed E-state index contributed by atoms with van der Waals surface area (Å²) >= 11 is 0. The summed E-state index contributed by atoms with van der Waals surface area (Å²) in [6.45, 7) is 4.67. The number of benzene rings is 6. The largest absolute Gasteiger partial charge is 0.316 e. The lowest BCUT2D eigenvalue weighted by atomic mass is 9.82. The van der Waals surface area contributed by atoms with Crippen molar-refractivity contribution in [2.24, 2.45) is 0 Å². The van der Waals surface area contributed by atoms with Crippen molar-refractivity contribution < 1.29 is 0 Å². The molecule has 2 heteroatoms. The van der Waals surface area contributed by atoms with Crippen LogP contribution in [-0.4, -0.2) is 4.57 Å². The molecular weight excluding hydrogens is 520 g/mol. The van der Waals surface area contributed by atoms with Crippen molar-refractivity contribution in [3.8, 4) is 27.9 Å². The molecule has 0 fully saturated rings. The average Bonchev–Trinajstić information content (AvgIpc) is 3.55. The van der Waals surface area contributed by atoms with Crippen LogP contribution in [0.15, 0.2) is 158 Å². The first-order chi connectivity index (χ1) is 21.1. The fourth-order valence-corrected chi connectivity index (χ4v) is 6.89. The molecule has 0 saturated heterocycles. The van der Waals surface area contributed by atoms with E-state index in [1.807, 2.05) is 0 Å². The van der Waals surface area contributed by atoms with Gasteiger partial charge in [-0.1, -0.05) is 117 Å². The molecule has 0 atom stereocenters. The van der Waals surface area contributed by atoms with Gasteiger partial charge in [-0.2, -0.15) is 0 Å². The third-order valence-electron chi connectivity index (χ3n) is 9.00. The fourth-order valence-electron chi connectivity index (χ4n) is 6.89. The van der Waals surface area contributed by atoms with Crippen LogP contribution in [-0.2, 0) is 5.41 Å². The Bertz CT molecular complexity index is 2100. The van der Waals surface area contributed by atoms with E-state index >= 15 is 0 Å². The molecule has 1 aliphatic rings. The third-order valence-corrected chi connectivity index (χ3v) is 9.00. The maximum Gasteiger partial charge on any atom is 0.0534 e. The standard InChI is InChI=1S/C41H32N2/c1-41(2)38-22-11-9-20-34(38)36-27-33(24-25-39(36)41)43(30-16-7-4-8-17-30)32-19-13-18-31(26-32)42-28-37(29-14-5-3-6-15-29)35-21-10-12-23-40(35)42/h3-28H,1-2H3. The molecule has 0 bridgehead atoms. The molecule has 0 spiro atoms. The van der Waals surface area contributed by atoms with E-state index in [0.717, 1.165) is 22.7 Å². The Kier molecular flexibility index (Phi) is 5.84. The minimum atomic E-state index is -0.0200. The van der Waals surface area contributed by atoms with Gasteiger partial charge in [0, 0.05) is 45.3 Å². The monoisotopic (exact) mass is 552 g/mol. The van der Waals surface area contributed by atoms with E-state index in [9.17, 15) is 0 Å². The molecule has 0 N–H and O–H groups in total. The minimum absolute atomic E-state index is 0.0200. The Balaban J connectivity index is 1.29. The van der Waals surface area contributed by atoms with Gasteiger partial charge in [0.15, 0.2) is 0 Å². The van der Waals surface area contributed by atoms with Crippen LogP contribution in [0.1, 0.15) is 25.0 Å². The zero-order valence-corrected chi connectivity index (χ0v) is 24.4. The molecule has 0 amide bonds. The normalized spacial score (nSPS) is 13.1. The van der Waals surface area contributed by atoms with Crippen LogP contribution in [0.25, 0.3) is 38.8 Å². The van der Waals surface area contributed by atoms with Crippen molar-refractivity contribution in [1.29, 1.82) is 0 Å². The lowest BCUT2D eigenvalue weighted by molar-refractivity contribution is 0.660. The molecular formula is C41H32N2. The van der Waals surface area contributed by atoms with E-state index in [0.29, 0.717) is 0 Å². The second-order valence-electron chi connectivity index (χ2n) is 11.9. The van der Waals surface area contributed by atoms with Crippen LogP contribution in [0, 0.1) is 0 Å². The van der Waals surface area contributed by atoms with Crippen LogP contribution in [0.2, 0.25) is 0 Å². The zero-order valence-electron chi connectivity index (χ0n) is 24.4. The minimum Gasteiger partial charge on any atom is -0.316 e. The van der Waals surface area contributed by atoms with Crippen molar-refractivity contribution in [2.45, 2.75) is 19.3 Å². The number of nitrogens with zero attached hydrogens (tertiary/aromatic N) is 2. The molecule has 43 heavy (non-hydrogen) atoms. The first-order valence-corrected chi connectivity index (χ1v) is 15.0. The molecule has 1 aromatic heterocycles. The predicted molar refractivity (Wildman–Crippen MR) is 181 cm³/mol. The average molecular weight is 553 g/mol. The summed E-state index contributed by atoms with van der Waals surface area (Å²) in [5.41, 5.74) is 13.6. The quantitative estimate of drug-likeness (QED) is 0.206. The Labute approximate surface area is 253 Å². The van der Waals surface area contributed by atoms with Crippen molar-refractivity contribution in [2.75, 3.05) is 4.90 Å². The summed E-state index contributed by atoms with van der Waals surface area (Å²) < 4.78 is 2.33. The van der Waals surface area contributed by atoms with Gasteiger partial charge in [0.25, 0.3) is 0 Å². The molecule has 2 nitrogen and oxygen atoms in total. The van der Waals surface area contributed by atoms with Gasteiger partial charge in [0.2, 0.25) is 0 Å². The molecule has 206 valence electrons. The maximum absolute atomic E-state index is 2.38. The number of aromatic nitrogens is 1. The number of hydrogen-bond donors (Lipinski definition) is 0. The highest BCUT2D eigenvalue weighted by Crippen LogP contribution is 2.50. The van der Waals surface area contributed by atoms with Gasteiger partial charge in [-0.3, -0.25) is 0 Å². The lowest BCUT2D eigenvalue weighted by Crippen LogP contribution is -2.15. The molecule has 0 unspecified atom stereocenters. The fraction of sp³-hybridized carbons (Fsp3) is 0.0732. The van der Waals surface area contributed by atoms with E-state index in [1.165, 1.54) is 44.3 Å². The first-order valence-electron chi connectivity index (χ1n) is 15.0. The van der Waals surface area contributed by atoms with E-state index in [-0.39, 0.29) is 5.41 Å². The lowest BCUT2D eigenvalue weighted by Gasteiger charge is -2.27. The van der Waals surface area contributed by atoms with Crippen LogP contribution in [0.3, 0.4) is 0 Å². The van der Waals surface area contributed by atoms with E-state index in [2.05, 4.69) is 181 Å². The first kappa shape index (κ1) is 25.4. The summed E-state index contributed by atoms with van der Waals surface area (Å²) in [6, 6.07) is 54.8. The van der Waals surface area contributed by atoms with Gasteiger partial charge in [0.1, 0.15) is 0 Å². The number of para-hydroxylation sites is 2. The molecule has 6 aromatic carbocycles. The van der Waals surface area contributed by atoms with Crippen molar-refractivity contribution in [3.05, 3.63) is 169 Å². The molecule has 8 rings (SSSR count). The highest BCUT2D eigenvalue weighted by molar-refractivity contribution is 5.97. The number of fused-ring (bicyclic) bond motifs is 4. The highest BCUT2D eigenvalue weighted by atomic mass is 15.1. The summed E-state index contributed by atoms with van der Waals surface area (Å²) in [4.78, 5) is 2.38. The third kappa shape index (κ3) is 4.10. The van der Waals surface area contributed by atoms with Crippen LogP contribution >= 0.6 is 0 Å². The van der Waals surface area contributed by atoms with Crippen LogP contribution in [0.5, 0.6) is 0 Å². The second kappa shape index (κ2) is 9.89. The highest BCUT2D eigenvalue weighted by Gasteiger charge is 2.35. The van der Waals surface area contributed by atoms with Crippen molar-refractivity contribution >= 4 is 28.0 Å². The molecule has 0 saturated carbocycles. The molecule has 0 radical (unpaired) electrons. The van der Waals surface area contributed by atoms with Crippen LogP contribution < -0.4 is 4.90 Å². The van der Waals surface area contributed by atoms with Gasteiger partial charge >= 0.3 is 0 Å². The SMILES string of the molecule is CC1(C)c2ccccc2-c2cc(N(c3ccccc3)c3cccc(-n4cc(-c5ccccc5)c5ccccc54)c3)ccc21. The zero-order chi connectivity index (χ0) is 29.0. The maximum atomic E-state index is 2.38. The Morgan fingerprint density at radius 1 is 0.488 bits per heavy atom. The molecule has 0 aliphatic heterocycles. The summed E-state index contributed by atoms with van der Waals surface area (Å²) in [7, 11) is 0. The van der Waals surface area contributed by atoms with Crippen molar-refractivity contribution in [1.82, 2.24) is 4.57 Å². The predicted octanol–water partition coefficient (Wildman–Crippen LogP) is 11.1. The molecule has 1 aliphatic carbocycles. The van der Waals surface area contributed by atoms with E-state index in [1.54, 1.807) is 0 Å². The topological polar surface area (TPSA) is 8.17 Å². The summed E-state index contributed by atoms with van der Waals surface area (Å²) in [5, 5.41) is 1.25. The second-order valence-corrected chi connectivity index (χ2v) is 11.9. The van der Waals surface area contributed by atoms with Gasteiger partial charge in [-0.25, -0.2) is 0 Å². The Morgan fingerprint density at radius 3 is 1.98 bits per heavy atom. The molecule has 7 aromatic rings. The summed E-state index contributed by atoms with van der Waals surface area (Å²) in [5.74, 6) is 0. The summed E-state index contributed by atoms with van der Waals surface area (Å²) in [6.07, 6.45) is 2.28. The number of anilines is 3. The van der Waals surface area contributed by atoms with Gasteiger partial charge in [0.05, 0.1) is 5.52 Å². The van der Waals surface area contributed by atoms with Gasteiger partial charge in [-0.05, 0) is 76.3 Å². The van der Waals surface area contributed by atoms with Gasteiger partial charge < -0.3 is 9.47 Å². The van der Waals surface area contributed by atoms with Gasteiger partial charge in [-0.15, -0.1) is 0 Å². The number of hydrogen-bond acceptors (Lipinski definition) is 1. The Hall–Kier alpha value is -5.34. The number of rotatable bonds is 5. The smallest absolute Gasteiger partial charge is 0.0534 e. The van der Waals surface area contributed by atoms with Crippen LogP contribution in [0.4, 0.5) is 17.1 Å². The van der Waals surface area contributed by atoms with Crippen molar-refractivity contribution in [3.63, 3.8) is 0 Å². The molecule has 1 heterocycles.